The smallest absolute Gasteiger partial charge is 0.0785 e. The molecule has 110 valence electrons. The van der Waals surface area contributed by atoms with E-state index in [1.54, 1.807) is 7.05 Å². The molecule has 0 aliphatic heterocycles. The molecule has 0 fully saturated rings. The lowest BCUT2D eigenvalue weighted by Gasteiger charge is -2.09. The summed E-state index contributed by atoms with van der Waals surface area (Å²) in [6.45, 7) is 2.12. The molecule has 0 aliphatic rings. The van der Waals surface area contributed by atoms with Crippen LogP contribution >= 0.6 is 0 Å². The summed E-state index contributed by atoms with van der Waals surface area (Å²) in [4.78, 5) is 0.798. The van der Waals surface area contributed by atoms with Crippen molar-refractivity contribution in [2.45, 2.75) is 18.2 Å². The second-order valence-corrected chi connectivity index (χ2v) is 7.20. The second-order valence-electron chi connectivity index (χ2n) is 4.75. The van der Waals surface area contributed by atoms with Gasteiger partial charge in [-0.05, 0) is 29.7 Å². The van der Waals surface area contributed by atoms with Crippen LogP contribution in [0.4, 0.5) is 0 Å². The number of nitrogens with zero attached hydrogens (tertiary/aromatic N) is 1. The average Bonchev–Trinajstić information content (AvgIpc) is 2.57. The van der Waals surface area contributed by atoms with E-state index >= 15 is 0 Å². The number of rotatable bonds is 5. The first kappa shape index (κ1) is 15.5. The van der Waals surface area contributed by atoms with Crippen LogP contribution < -0.4 is 0 Å². The van der Waals surface area contributed by atoms with Gasteiger partial charge in [0.05, 0.1) is 15.5 Å². The molecule has 0 aromatic heterocycles. The molecule has 0 saturated heterocycles. The maximum Gasteiger partial charge on any atom is 0.0785 e. The molecule has 2 aromatic rings. The van der Waals surface area contributed by atoms with Crippen LogP contribution in [0.15, 0.2) is 76.0 Å². The predicted molar refractivity (Wildman–Crippen MR) is 90.8 cm³/mol. The van der Waals surface area contributed by atoms with Gasteiger partial charge in [0.25, 0.3) is 0 Å². The van der Waals surface area contributed by atoms with Gasteiger partial charge < -0.3 is 0 Å². The Labute approximate surface area is 127 Å². The van der Waals surface area contributed by atoms with Gasteiger partial charge in [0.2, 0.25) is 0 Å². The summed E-state index contributed by atoms with van der Waals surface area (Å²) in [6, 6.07) is 19.7. The van der Waals surface area contributed by atoms with Crippen molar-refractivity contribution >= 4 is 15.3 Å². The summed E-state index contributed by atoms with van der Waals surface area (Å²) in [5.74, 6) is 0.450. The molecular formula is C18H21NOS. The zero-order valence-electron chi connectivity index (χ0n) is 12.5. The minimum atomic E-state index is -2.37. The van der Waals surface area contributed by atoms with Crippen LogP contribution in [0, 0.1) is 0 Å². The Bertz CT molecular complexity index is 711. The van der Waals surface area contributed by atoms with Gasteiger partial charge in [-0.3, -0.25) is 0 Å². The van der Waals surface area contributed by atoms with Gasteiger partial charge in [-0.2, -0.15) is 0 Å². The summed E-state index contributed by atoms with van der Waals surface area (Å²) >= 11 is 0. The molecule has 0 bridgehead atoms. The fourth-order valence-corrected chi connectivity index (χ4v) is 3.80. The Hall–Kier alpha value is -1.87. The molecule has 2 nitrogen and oxygen atoms in total. The van der Waals surface area contributed by atoms with Crippen LogP contribution in [0.1, 0.15) is 18.9 Å². The monoisotopic (exact) mass is 299 g/mol. The maximum absolute atomic E-state index is 13.0. The zero-order valence-corrected chi connectivity index (χ0v) is 13.3. The van der Waals surface area contributed by atoms with Crippen LogP contribution in [-0.4, -0.2) is 17.0 Å². The lowest BCUT2D eigenvalue weighted by atomic mass is 10.0. The van der Waals surface area contributed by atoms with Gasteiger partial charge in [0.15, 0.2) is 0 Å². The Balaban J connectivity index is 2.31. The summed E-state index contributed by atoms with van der Waals surface area (Å²) in [7, 11) is -0.734. The molecular weight excluding hydrogens is 278 g/mol. The van der Waals surface area contributed by atoms with E-state index in [2.05, 4.69) is 29.5 Å². The number of hydrogen-bond acceptors (Lipinski definition) is 2. The molecule has 0 aliphatic carbocycles. The highest BCUT2D eigenvalue weighted by Crippen LogP contribution is 2.20. The number of hydrogen-bond donors (Lipinski definition) is 0. The standard InChI is InChI=1S/C18H21NOS/c1-3-16(17-10-6-4-7-11-17)14-15-21(20,19-2)18-12-8-5-9-13-18/h4-14H,3,15H2,1-2H3/b16-14-/t21-/m0/s1. The summed E-state index contributed by atoms with van der Waals surface area (Å²) in [5, 5.41) is 0. The van der Waals surface area contributed by atoms with Crippen molar-refractivity contribution in [3.8, 4) is 0 Å². The molecule has 0 N–H and O–H groups in total. The van der Waals surface area contributed by atoms with Crippen molar-refractivity contribution in [1.29, 1.82) is 0 Å². The Kier molecular flexibility index (Phi) is 5.34. The van der Waals surface area contributed by atoms with E-state index in [1.807, 2.05) is 48.5 Å². The van der Waals surface area contributed by atoms with E-state index in [9.17, 15) is 4.21 Å². The van der Waals surface area contributed by atoms with E-state index in [0.29, 0.717) is 5.75 Å². The van der Waals surface area contributed by atoms with E-state index in [0.717, 1.165) is 11.3 Å². The van der Waals surface area contributed by atoms with Crippen LogP contribution in [0.5, 0.6) is 0 Å². The van der Waals surface area contributed by atoms with E-state index in [1.165, 1.54) is 11.1 Å². The molecule has 21 heavy (non-hydrogen) atoms. The fourth-order valence-electron chi connectivity index (χ4n) is 2.24. The van der Waals surface area contributed by atoms with Gasteiger partial charge in [0, 0.05) is 11.9 Å². The quantitative estimate of drug-likeness (QED) is 0.791. The van der Waals surface area contributed by atoms with Crippen molar-refractivity contribution in [2.24, 2.45) is 4.36 Å². The number of allylic oxidation sites excluding steroid dienone is 1. The molecule has 0 spiro atoms. The topological polar surface area (TPSA) is 29.4 Å². The van der Waals surface area contributed by atoms with Crippen molar-refractivity contribution < 1.29 is 4.21 Å². The summed E-state index contributed by atoms with van der Waals surface area (Å²) in [5.41, 5.74) is 2.40. The van der Waals surface area contributed by atoms with Crippen LogP contribution in [0.3, 0.4) is 0 Å². The summed E-state index contributed by atoms with van der Waals surface area (Å²) in [6.07, 6.45) is 2.98. The SMILES string of the molecule is CC/C(=C/C[S@@](=O)(=NC)c1ccccc1)c1ccccc1. The average molecular weight is 299 g/mol. The lowest BCUT2D eigenvalue weighted by Crippen LogP contribution is -2.05. The van der Waals surface area contributed by atoms with Gasteiger partial charge in [0.1, 0.15) is 0 Å². The van der Waals surface area contributed by atoms with Gasteiger partial charge in [-0.25, -0.2) is 8.57 Å². The highest BCUT2D eigenvalue weighted by Gasteiger charge is 2.10. The highest BCUT2D eigenvalue weighted by molar-refractivity contribution is 7.93. The highest BCUT2D eigenvalue weighted by atomic mass is 32.2. The first-order valence-corrected chi connectivity index (χ1v) is 8.80. The fraction of sp³-hybridized carbons (Fsp3) is 0.222. The van der Waals surface area contributed by atoms with Crippen molar-refractivity contribution in [3.63, 3.8) is 0 Å². The lowest BCUT2D eigenvalue weighted by molar-refractivity contribution is 0.678. The van der Waals surface area contributed by atoms with Crippen molar-refractivity contribution in [2.75, 3.05) is 12.8 Å². The third-order valence-corrected chi connectivity index (χ3v) is 5.70. The van der Waals surface area contributed by atoms with Gasteiger partial charge >= 0.3 is 0 Å². The molecule has 0 unspecified atom stereocenters. The molecule has 0 radical (unpaired) electrons. The minimum absolute atomic E-state index is 0.450. The first-order chi connectivity index (χ1) is 10.2. The molecule has 0 amide bonds. The Morgan fingerprint density at radius 3 is 2.14 bits per heavy atom. The van der Waals surface area contributed by atoms with Crippen LogP contribution in [0.25, 0.3) is 5.57 Å². The normalized spacial score (nSPS) is 14.5. The molecule has 2 rings (SSSR count). The van der Waals surface area contributed by atoms with Gasteiger partial charge in [-0.1, -0.05) is 61.5 Å². The van der Waals surface area contributed by atoms with Crippen LogP contribution in [-0.2, 0) is 9.73 Å². The third-order valence-electron chi connectivity index (χ3n) is 3.49. The Morgan fingerprint density at radius 2 is 1.62 bits per heavy atom. The molecule has 2 aromatic carbocycles. The minimum Gasteiger partial charge on any atom is -0.244 e. The predicted octanol–water partition coefficient (Wildman–Crippen LogP) is 4.64. The largest absolute Gasteiger partial charge is 0.244 e. The summed E-state index contributed by atoms with van der Waals surface area (Å²) < 4.78 is 17.2. The Morgan fingerprint density at radius 1 is 1.05 bits per heavy atom. The molecule has 1 atom stereocenters. The first-order valence-electron chi connectivity index (χ1n) is 7.12. The van der Waals surface area contributed by atoms with E-state index in [-0.39, 0.29) is 0 Å². The molecule has 0 heterocycles. The molecule has 0 saturated carbocycles. The molecule has 3 heteroatoms. The maximum atomic E-state index is 13.0. The van der Waals surface area contributed by atoms with Crippen molar-refractivity contribution in [1.82, 2.24) is 0 Å². The van der Waals surface area contributed by atoms with E-state index in [4.69, 9.17) is 0 Å². The van der Waals surface area contributed by atoms with Crippen LogP contribution in [0.2, 0.25) is 0 Å². The van der Waals surface area contributed by atoms with E-state index < -0.39 is 9.73 Å². The van der Waals surface area contributed by atoms with Crippen molar-refractivity contribution in [3.05, 3.63) is 72.3 Å². The second kappa shape index (κ2) is 7.23. The third kappa shape index (κ3) is 3.82. The van der Waals surface area contributed by atoms with Gasteiger partial charge in [-0.15, -0.1) is 0 Å². The zero-order chi connectivity index (χ0) is 15.1. The number of benzene rings is 2.